The maximum atomic E-state index is 12.7. The van der Waals surface area contributed by atoms with Crippen molar-refractivity contribution in [3.63, 3.8) is 0 Å². The second-order valence-electron chi connectivity index (χ2n) is 7.21. The topological polar surface area (TPSA) is 75.7 Å². The highest BCUT2D eigenvalue weighted by Gasteiger charge is 2.45. The molecule has 2 saturated heterocycles. The predicted octanol–water partition coefficient (Wildman–Crippen LogP) is 1.55. The number of hydrogen-bond donors (Lipinski definition) is 1. The van der Waals surface area contributed by atoms with Crippen LogP contribution in [0.3, 0.4) is 0 Å². The Morgan fingerprint density at radius 2 is 2.00 bits per heavy atom. The van der Waals surface area contributed by atoms with Crippen LogP contribution in [-0.2, 0) is 14.6 Å². The Bertz CT molecular complexity index is 542. The van der Waals surface area contributed by atoms with Gasteiger partial charge in [-0.15, -0.1) is 0 Å². The van der Waals surface area contributed by atoms with Gasteiger partial charge in [0.2, 0.25) is 0 Å². The summed E-state index contributed by atoms with van der Waals surface area (Å²) >= 11 is 0. The van der Waals surface area contributed by atoms with E-state index in [0.29, 0.717) is 13.0 Å². The monoisotopic (exact) mass is 344 g/mol. The number of urea groups is 1. The lowest BCUT2D eigenvalue weighted by Gasteiger charge is -2.40. The average molecular weight is 344 g/mol. The number of hydrogen-bond acceptors (Lipinski definition) is 4. The standard InChI is InChI=1S/C16H28N2O4S/c1-2-18(13-5-11-23(20,21)12-13)15(19)17-14-4-3-6-16(14)7-9-22-10-8-16/h13-14H,2-12H2,1H3,(H,17,19). The zero-order valence-electron chi connectivity index (χ0n) is 13.9. The molecular formula is C16H28N2O4S. The van der Waals surface area contributed by atoms with E-state index in [4.69, 9.17) is 4.74 Å². The van der Waals surface area contributed by atoms with E-state index in [2.05, 4.69) is 5.32 Å². The van der Waals surface area contributed by atoms with Gasteiger partial charge in [-0.3, -0.25) is 0 Å². The molecule has 23 heavy (non-hydrogen) atoms. The third kappa shape index (κ3) is 3.50. The summed E-state index contributed by atoms with van der Waals surface area (Å²) in [4.78, 5) is 14.5. The maximum absolute atomic E-state index is 12.7. The third-order valence-electron chi connectivity index (χ3n) is 5.94. The molecule has 0 aromatic carbocycles. The van der Waals surface area contributed by atoms with Crippen LogP contribution in [0.25, 0.3) is 0 Å². The summed E-state index contributed by atoms with van der Waals surface area (Å²) in [6.45, 7) is 4.04. The summed E-state index contributed by atoms with van der Waals surface area (Å²) in [7, 11) is -2.98. The summed E-state index contributed by atoms with van der Waals surface area (Å²) in [6.07, 6.45) is 5.92. The molecule has 1 spiro atoms. The molecule has 2 unspecified atom stereocenters. The number of nitrogens with one attached hydrogen (secondary N) is 1. The van der Waals surface area contributed by atoms with Crippen LogP contribution >= 0.6 is 0 Å². The Morgan fingerprint density at radius 1 is 1.26 bits per heavy atom. The van der Waals surface area contributed by atoms with Gasteiger partial charge in [-0.2, -0.15) is 0 Å². The van der Waals surface area contributed by atoms with Gasteiger partial charge in [0, 0.05) is 31.8 Å². The predicted molar refractivity (Wildman–Crippen MR) is 88.1 cm³/mol. The van der Waals surface area contributed by atoms with Gasteiger partial charge >= 0.3 is 6.03 Å². The lowest BCUT2D eigenvalue weighted by atomic mass is 9.75. The first-order valence-electron chi connectivity index (χ1n) is 8.81. The Hall–Kier alpha value is -0.820. The minimum atomic E-state index is -2.98. The van der Waals surface area contributed by atoms with Crippen molar-refractivity contribution in [3.05, 3.63) is 0 Å². The smallest absolute Gasteiger partial charge is 0.317 e. The number of rotatable bonds is 3. The van der Waals surface area contributed by atoms with Crippen molar-refractivity contribution in [2.24, 2.45) is 5.41 Å². The number of carbonyl (C=O) groups excluding carboxylic acids is 1. The molecule has 0 radical (unpaired) electrons. The lowest BCUT2D eigenvalue weighted by molar-refractivity contribution is 0.00524. The van der Waals surface area contributed by atoms with Crippen molar-refractivity contribution in [3.8, 4) is 0 Å². The molecule has 2 heterocycles. The van der Waals surface area contributed by atoms with Crippen molar-refractivity contribution in [2.45, 2.75) is 57.5 Å². The quantitative estimate of drug-likeness (QED) is 0.843. The summed E-state index contributed by atoms with van der Waals surface area (Å²) in [5.41, 5.74) is 0.190. The summed E-state index contributed by atoms with van der Waals surface area (Å²) in [6, 6.07) is -0.0598. The Labute approximate surface area is 138 Å². The molecule has 3 aliphatic rings. The summed E-state index contributed by atoms with van der Waals surface area (Å²) in [5.74, 6) is 0.310. The number of amides is 2. The minimum Gasteiger partial charge on any atom is -0.381 e. The van der Waals surface area contributed by atoms with Crippen LogP contribution in [0.1, 0.15) is 45.4 Å². The number of carbonyl (C=O) groups is 1. The van der Waals surface area contributed by atoms with Gasteiger partial charge < -0.3 is 15.0 Å². The zero-order chi connectivity index (χ0) is 16.5. The van der Waals surface area contributed by atoms with Crippen LogP contribution in [0.5, 0.6) is 0 Å². The molecular weight excluding hydrogens is 316 g/mol. The molecule has 7 heteroatoms. The second kappa shape index (κ2) is 6.59. The van der Waals surface area contributed by atoms with Crippen LogP contribution in [-0.4, -0.2) is 62.7 Å². The highest BCUT2D eigenvalue weighted by Crippen LogP contribution is 2.46. The SMILES string of the molecule is CCN(C(=O)NC1CCCC12CCOCC2)C1CCS(=O)(=O)C1. The highest BCUT2D eigenvalue weighted by molar-refractivity contribution is 7.91. The fourth-order valence-corrected chi connectivity index (χ4v) is 6.29. The first-order chi connectivity index (χ1) is 11.0. The van der Waals surface area contributed by atoms with E-state index in [1.807, 2.05) is 6.92 Å². The van der Waals surface area contributed by atoms with Crippen LogP contribution in [0.4, 0.5) is 4.79 Å². The van der Waals surface area contributed by atoms with Crippen molar-refractivity contribution < 1.29 is 17.9 Å². The Balaban J connectivity index is 1.65. The Morgan fingerprint density at radius 3 is 2.61 bits per heavy atom. The van der Waals surface area contributed by atoms with E-state index in [1.54, 1.807) is 4.90 Å². The van der Waals surface area contributed by atoms with E-state index in [1.165, 1.54) is 0 Å². The maximum Gasteiger partial charge on any atom is 0.317 e. The highest BCUT2D eigenvalue weighted by atomic mass is 32.2. The van der Waals surface area contributed by atoms with E-state index < -0.39 is 9.84 Å². The molecule has 0 aromatic heterocycles. The summed E-state index contributed by atoms with van der Waals surface area (Å²) in [5, 5.41) is 3.23. The molecule has 1 saturated carbocycles. The van der Waals surface area contributed by atoms with Gasteiger partial charge in [0.1, 0.15) is 0 Å². The van der Waals surface area contributed by atoms with Crippen LogP contribution in [0.15, 0.2) is 0 Å². The fraction of sp³-hybridized carbons (Fsp3) is 0.938. The molecule has 3 rings (SSSR count). The minimum absolute atomic E-state index is 0.0904. The van der Waals surface area contributed by atoms with Gasteiger partial charge in [-0.25, -0.2) is 13.2 Å². The molecule has 1 aliphatic carbocycles. The Kier molecular flexibility index (Phi) is 4.88. The van der Waals surface area contributed by atoms with Crippen LogP contribution in [0, 0.1) is 5.41 Å². The normalized spacial score (nSPS) is 32.0. The van der Waals surface area contributed by atoms with Gasteiger partial charge in [0.25, 0.3) is 0 Å². The molecule has 2 aliphatic heterocycles. The molecule has 6 nitrogen and oxygen atoms in total. The molecule has 2 amide bonds. The average Bonchev–Trinajstić information content (AvgIpc) is 3.05. The number of nitrogens with zero attached hydrogens (tertiary/aromatic N) is 1. The first kappa shape index (κ1) is 17.0. The zero-order valence-corrected chi connectivity index (χ0v) is 14.7. The van der Waals surface area contributed by atoms with Crippen molar-refractivity contribution >= 4 is 15.9 Å². The van der Waals surface area contributed by atoms with Crippen molar-refractivity contribution in [1.29, 1.82) is 0 Å². The largest absolute Gasteiger partial charge is 0.381 e. The van der Waals surface area contributed by atoms with E-state index in [0.717, 1.165) is 45.3 Å². The number of sulfone groups is 1. The van der Waals surface area contributed by atoms with Crippen LogP contribution in [0.2, 0.25) is 0 Å². The van der Waals surface area contributed by atoms with E-state index >= 15 is 0 Å². The molecule has 132 valence electrons. The van der Waals surface area contributed by atoms with Crippen LogP contribution < -0.4 is 5.32 Å². The van der Waals surface area contributed by atoms with Gasteiger partial charge in [-0.1, -0.05) is 6.42 Å². The molecule has 0 aromatic rings. The van der Waals surface area contributed by atoms with Crippen molar-refractivity contribution in [1.82, 2.24) is 10.2 Å². The molecule has 2 atom stereocenters. The second-order valence-corrected chi connectivity index (χ2v) is 9.44. The van der Waals surface area contributed by atoms with Gasteiger partial charge in [0.05, 0.1) is 11.5 Å². The first-order valence-corrected chi connectivity index (χ1v) is 10.6. The van der Waals surface area contributed by atoms with E-state index in [-0.39, 0.29) is 35.0 Å². The van der Waals surface area contributed by atoms with Crippen molar-refractivity contribution in [2.75, 3.05) is 31.3 Å². The fourth-order valence-electron chi connectivity index (χ4n) is 4.56. The van der Waals surface area contributed by atoms with Gasteiger partial charge in [0.15, 0.2) is 9.84 Å². The molecule has 1 N–H and O–H groups in total. The summed E-state index contributed by atoms with van der Waals surface area (Å²) < 4.78 is 28.9. The number of ether oxygens (including phenoxy) is 1. The molecule has 0 bridgehead atoms. The molecule has 3 fully saturated rings. The van der Waals surface area contributed by atoms with E-state index in [9.17, 15) is 13.2 Å². The van der Waals surface area contributed by atoms with Gasteiger partial charge in [-0.05, 0) is 44.4 Å². The lowest BCUT2D eigenvalue weighted by Crippen LogP contribution is -2.53. The third-order valence-corrected chi connectivity index (χ3v) is 7.69.